The molecule has 0 unspecified atom stereocenters. The van der Waals surface area contributed by atoms with Gasteiger partial charge < -0.3 is 35.6 Å². The Hall–Kier alpha value is -4.45. The summed E-state index contributed by atoms with van der Waals surface area (Å²) < 4.78 is 10.9. The van der Waals surface area contributed by atoms with Crippen molar-refractivity contribution < 1.29 is 23.9 Å². The van der Waals surface area contributed by atoms with Gasteiger partial charge in [0.1, 0.15) is 35.7 Å². The molecular weight excluding hydrogens is 550 g/mol. The molecule has 3 atom stereocenters. The zero-order valence-corrected chi connectivity index (χ0v) is 25.8. The molecule has 12 heteroatoms. The van der Waals surface area contributed by atoms with Gasteiger partial charge in [-0.1, -0.05) is 26.8 Å². The summed E-state index contributed by atoms with van der Waals surface area (Å²) in [4.78, 5) is 50.6. The summed E-state index contributed by atoms with van der Waals surface area (Å²) >= 11 is 0. The largest absolute Gasteiger partial charge is 0.497 e. The Balaban J connectivity index is 1.60. The first-order valence-corrected chi connectivity index (χ1v) is 14.3. The predicted molar refractivity (Wildman–Crippen MR) is 166 cm³/mol. The number of nitrogens with zero attached hydrogens (tertiary/aromatic N) is 3. The minimum atomic E-state index is -0.804. The minimum absolute atomic E-state index is 0.280. The maximum Gasteiger partial charge on any atom is 0.247 e. The van der Waals surface area contributed by atoms with Crippen LogP contribution in [0.4, 0.5) is 17.2 Å². The molecule has 3 aromatic rings. The molecule has 1 fully saturated rings. The summed E-state index contributed by atoms with van der Waals surface area (Å²) in [7, 11) is 4.80. The Morgan fingerprint density at radius 3 is 2.51 bits per heavy atom. The molecule has 2 heterocycles. The molecule has 12 nitrogen and oxygen atoms in total. The molecule has 2 aromatic carbocycles. The van der Waals surface area contributed by atoms with Gasteiger partial charge in [-0.05, 0) is 50.4 Å². The first kappa shape index (κ1) is 31.5. The fourth-order valence-electron chi connectivity index (χ4n) is 5.02. The van der Waals surface area contributed by atoms with E-state index < -0.39 is 23.5 Å². The normalized spacial score (nSPS) is 16.3. The van der Waals surface area contributed by atoms with Crippen molar-refractivity contribution in [1.29, 1.82) is 0 Å². The molecule has 4 N–H and O–H groups in total. The predicted octanol–water partition coefficient (Wildman–Crippen LogP) is 3.46. The highest BCUT2D eigenvalue weighted by atomic mass is 16.5. The lowest BCUT2D eigenvalue weighted by atomic mass is 9.85. The van der Waals surface area contributed by atoms with E-state index in [1.54, 1.807) is 38.1 Å². The zero-order chi connectivity index (χ0) is 31.3. The number of likely N-dealkylation sites (tertiary alicyclic amines) is 1. The van der Waals surface area contributed by atoms with E-state index in [0.29, 0.717) is 53.3 Å². The highest BCUT2D eigenvalue weighted by Gasteiger charge is 2.42. The van der Waals surface area contributed by atoms with Crippen molar-refractivity contribution in [3.05, 3.63) is 42.7 Å². The van der Waals surface area contributed by atoms with Crippen LogP contribution in [0.25, 0.3) is 10.9 Å². The number of nitrogens with one attached hydrogen (secondary N) is 4. The van der Waals surface area contributed by atoms with E-state index in [4.69, 9.17) is 9.47 Å². The number of rotatable bonds is 10. The number of hydrogen-bond donors (Lipinski definition) is 4. The fraction of sp³-hybridized carbons (Fsp3) is 0.452. The molecule has 0 spiro atoms. The van der Waals surface area contributed by atoms with Gasteiger partial charge in [0.25, 0.3) is 0 Å². The number of anilines is 3. The Kier molecular flexibility index (Phi) is 9.70. The zero-order valence-electron chi connectivity index (χ0n) is 25.8. The highest BCUT2D eigenvalue weighted by molar-refractivity contribution is 6.03. The number of fused-ring (bicyclic) bond motifs is 1. The van der Waals surface area contributed by atoms with Gasteiger partial charge in [-0.25, -0.2) is 9.97 Å². The molecule has 3 amide bonds. The number of methoxy groups -OCH3 is 2. The summed E-state index contributed by atoms with van der Waals surface area (Å²) in [5, 5.41) is 12.7. The molecule has 1 aliphatic rings. The van der Waals surface area contributed by atoms with Crippen molar-refractivity contribution in [1.82, 2.24) is 25.5 Å². The number of benzene rings is 2. The molecule has 230 valence electrons. The SMILES string of the molecule is CN[C@@H](C)C(=O)N[C@H](C(=O)N1CCC[C@H]1C(=O)Nc1cc2c(Nc3cccc(OC)c3)ncnc2cc1OC)C(C)(C)C. The molecule has 0 bridgehead atoms. The Bertz CT molecular complexity index is 1490. The third-order valence-electron chi connectivity index (χ3n) is 7.61. The molecule has 43 heavy (non-hydrogen) atoms. The molecular formula is C31H41N7O5. The van der Waals surface area contributed by atoms with Crippen molar-refractivity contribution >= 4 is 45.8 Å². The smallest absolute Gasteiger partial charge is 0.247 e. The maximum absolute atomic E-state index is 13.8. The number of likely N-dealkylation sites (N-methyl/N-ethyl adjacent to an activating group) is 1. The highest BCUT2D eigenvalue weighted by Crippen LogP contribution is 2.34. The van der Waals surface area contributed by atoms with Crippen LogP contribution in [0.3, 0.4) is 0 Å². The van der Waals surface area contributed by atoms with Gasteiger partial charge in [0, 0.05) is 29.8 Å². The minimum Gasteiger partial charge on any atom is -0.497 e. The van der Waals surface area contributed by atoms with Crippen LogP contribution in [-0.2, 0) is 14.4 Å². The van der Waals surface area contributed by atoms with E-state index in [2.05, 4.69) is 31.2 Å². The van der Waals surface area contributed by atoms with E-state index in [-0.39, 0.29) is 17.7 Å². The number of amides is 3. The van der Waals surface area contributed by atoms with Crippen molar-refractivity contribution in [3.8, 4) is 11.5 Å². The van der Waals surface area contributed by atoms with Gasteiger partial charge in [-0.15, -0.1) is 0 Å². The average Bonchev–Trinajstić information content (AvgIpc) is 3.49. The molecule has 0 radical (unpaired) electrons. The lowest BCUT2D eigenvalue weighted by Gasteiger charge is -2.36. The quantitative estimate of drug-likeness (QED) is 0.278. The van der Waals surface area contributed by atoms with Crippen molar-refractivity contribution in [2.75, 3.05) is 38.4 Å². The third kappa shape index (κ3) is 7.14. The van der Waals surface area contributed by atoms with Crippen LogP contribution in [-0.4, -0.2) is 78.5 Å². The second kappa shape index (κ2) is 13.2. The van der Waals surface area contributed by atoms with Crippen LogP contribution in [0.15, 0.2) is 42.7 Å². The summed E-state index contributed by atoms with van der Waals surface area (Å²) in [5.74, 6) is 0.740. The lowest BCUT2D eigenvalue weighted by Crippen LogP contribution is -2.59. The van der Waals surface area contributed by atoms with Crippen LogP contribution in [0, 0.1) is 5.41 Å². The van der Waals surface area contributed by atoms with E-state index in [1.165, 1.54) is 13.4 Å². The second-order valence-corrected chi connectivity index (χ2v) is 11.6. The fourth-order valence-corrected chi connectivity index (χ4v) is 5.02. The van der Waals surface area contributed by atoms with Gasteiger partial charge in [-0.2, -0.15) is 0 Å². The standard InChI is InChI=1S/C31H41N7O5/c1-18(32-5)28(39)37-26(31(2,3)4)30(41)38-13-9-12-24(38)29(40)36-23-15-21-22(16-25(23)43-7)33-17-34-27(21)35-19-10-8-11-20(14-19)42-6/h8,10-11,14-18,24,26,32H,9,12-13H2,1-7H3,(H,36,40)(H,37,39)(H,33,34,35)/t18-,24-,26+/m0/s1. The molecule has 1 aromatic heterocycles. The van der Waals surface area contributed by atoms with Crippen LogP contribution < -0.4 is 30.7 Å². The number of ether oxygens (including phenoxy) is 2. The van der Waals surface area contributed by atoms with Gasteiger partial charge in [0.05, 0.1) is 31.5 Å². The second-order valence-electron chi connectivity index (χ2n) is 11.6. The van der Waals surface area contributed by atoms with Crippen LogP contribution >= 0.6 is 0 Å². The Labute approximate surface area is 251 Å². The summed E-state index contributed by atoms with van der Waals surface area (Å²) in [5.41, 5.74) is 1.24. The average molecular weight is 592 g/mol. The number of carbonyl (C=O) groups excluding carboxylic acids is 3. The van der Waals surface area contributed by atoms with E-state index in [9.17, 15) is 14.4 Å². The van der Waals surface area contributed by atoms with Crippen LogP contribution in [0.2, 0.25) is 0 Å². The van der Waals surface area contributed by atoms with Crippen molar-refractivity contribution in [3.63, 3.8) is 0 Å². The first-order chi connectivity index (χ1) is 20.5. The maximum atomic E-state index is 13.8. The van der Waals surface area contributed by atoms with Gasteiger partial charge in [-0.3, -0.25) is 14.4 Å². The number of hydrogen-bond acceptors (Lipinski definition) is 9. The topological polar surface area (TPSA) is 147 Å². The third-order valence-corrected chi connectivity index (χ3v) is 7.61. The summed E-state index contributed by atoms with van der Waals surface area (Å²) in [6.07, 6.45) is 2.61. The first-order valence-electron chi connectivity index (χ1n) is 14.3. The van der Waals surface area contributed by atoms with Crippen molar-refractivity contribution in [2.24, 2.45) is 5.41 Å². The molecule has 1 saturated heterocycles. The lowest BCUT2D eigenvalue weighted by molar-refractivity contribution is -0.143. The van der Waals surface area contributed by atoms with E-state index in [1.807, 2.05) is 45.0 Å². The van der Waals surface area contributed by atoms with Gasteiger partial charge in [0.15, 0.2) is 0 Å². The molecule has 1 aliphatic heterocycles. The Morgan fingerprint density at radius 2 is 1.84 bits per heavy atom. The summed E-state index contributed by atoms with van der Waals surface area (Å²) in [6.45, 7) is 7.82. The van der Waals surface area contributed by atoms with Gasteiger partial charge in [0.2, 0.25) is 17.7 Å². The Morgan fingerprint density at radius 1 is 1.07 bits per heavy atom. The van der Waals surface area contributed by atoms with Crippen molar-refractivity contribution in [2.45, 2.75) is 58.7 Å². The van der Waals surface area contributed by atoms with Crippen LogP contribution in [0.5, 0.6) is 11.5 Å². The monoisotopic (exact) mass is 591 g/mol. The molecule has 0 saturated carbocycles. The summed E-state index contributed by atoms with van der Waals surface area (Å²) in [6, 6.07) is 8.95. The van der Waals surface area contributed by atoms with Crippen LogP contribution in [0.1, 0.15) is 40.5 Å². The molecule has 0 aliphatic carbocycles. The van der Waals surface area contributed by atoms with E-state index in [0.717, 1.165) is 5.69 Å². The number of aromatic nitrogens is 2. The molecule has 4 rings (SSSR count). The van der Waals surface area contributed by atoms with E-state index >= 15 is 0 Å². The van der Waals surface area contributed by atoms with Gasteiger partial charge >= 0.3 is 0 Å². The number of carbonyl (C=O) groups is 3.